The van der Waals surface area contributed by atoms with Gasteiger partial charge in [0.2, 0.25) is 0 Å². The van der Waals surface area contributed by atoms with Crippen molar-refractivity contribution in [2.75, 3.05) is 0 Å². The van der Waals surface area contributed by atoms with Crippen LogP contribution in [0.5, 0.6) is 0 Å². The van der Waals surface area contributed by atoms with E-state index in [1.54, 1.807) is 31.2 Å². The van der Waals surface area contributed by atoms with Crippen molar-refractivity contribution >= 4 is 62.5 Å². The van der Waals surface area contributed by atoms with Gasteiger partial charge in [-0.2, -0.15) is 0 Å². The number of carbonyl (C=O) groups is 3. The Morgan fingerprint density at radius 2 is 0.942 bits per heavy atom. The number of rotatable bonds is 10. The van der Waals surface area contributed by atoms with Gasteiger partial charge in [-0.05, 0) is 193 Å². The van der Waals surface area contributed by atoms with E-state index in [9.17, 15) is 24.6 Å². The number of ketones is 1. The number of hydrogen-bond donors (Lipinski definition) is 3. The molecule has 6 aromatic rings. The number of aliphatic carboxylic acids is 2. The maximum Gasteiger partial charge on any atom is 0.337 e. The zero-order chi connectivity index (χ0) is 51.4. The van der Waals surface area contributed by atoms with E-state index in [0.29, 0.717) is 27.6 Å². The second kappa shape index (κ2) is 21.3. The third-order valence-electron chi connectivity index (χ3n) is 10.7. The summed E-state index contributed by atoms with van der Waals surface area (Å²) < 4.78 is 12.1. The fourth-order valence-electron chi connectivity index (χ4n) is 8.10. The molecule has 0 amide bonds. The van der Waals surface area contributed by atoms with Crippen LogP contribution in [-0.4, -0.2) is 44.7 Å². The summed E-state index contributed by atoms with van der Waals surface area (Å²) in [6.07, 6.45) is -1.93. The van der Waals surface area contributed by atoms with Crippen LogP contribution in [0.25, 0.3) is 43.8 Å². The number of nitrogens with two attached hydrogens (primary N) is 1. The number of hydrogen-bond acceptors (Lipinski definition) is 6. The molecule has 2 unspecified atom stereocenters. The van der Waals surface area contributed by atoms with Crippen LogP contribution in [0.3, 0.4) is 0 Å². The summed E-state index contributed by atoms with van der Waals surface area (Å²) in [7, 11) is 0. The van der Waals surface area contributed by atoms with E-state index in [-0.39, 0.29) is 5.78 Å². The van der Waals surface area contributed by atoms with Crippen molar-refractivity contribution in [1.29, 1.82) is 0 Å². The van der Waals surface area contributed by atoms with Crippen LogP contribution < -0.4 is 5.73 Å². The highest BCUT2D eigenvalue weighted by Crippen LogP contribution is 2.43. The van der Waals surface area contributed by atoms with E-state index in [1.165, 1.54) is 0 Å². The number of carboxylic acids is 2. The molecule has 0 saturated carbocycles. The van der Waals surface area contributed by atoms with Crippen LogP contribution >= 0.6 is 23.2 Å². The minimum atomic E-state index is -1.16. The van der Waals surface area contributed by atoms with Gasteiger partial charge in [-0.3, -0.25) is 4.79 Å². The first-order valence-corrected chi connectivity index (χ1v) is 23.5. The standard InChI is InChI=1S/C31H33ClO4.C28H30ClNO3/c1-19-16-23-9-8-21(14-15-31(6,7)18-20(2)33)17-25(23)27(22-10-12-24(32)13-11-22)26(19)28(29(34)35)36-30(3,4)5;1-17-15-20-8-7-18(13-14-28(5,6)30)16-22(20)24(19-9-11-21(29)12-10-19)23(17)25(26(31)32)33-27(2,3)4/h8-13,16-17,28H,18H2,1-7H3,(H,34,35);7-12,15-16,25H,30H2,1-6H3,(H,31,32). The predicted octanol–water partition coefficient (Wildman–Crippen LogP) is 14.3. The molecule has 0 bridgehead atoms. The van der Waals surface area contributed by atoms with Crippen LogP contribution in [0.2, 0.25) is 10.0 Å². The van der Waals surface area contributed by atoms with Gasteiger partial charge in [-0.15, -0.1) is 0 Å². The lowest BCUT2D eigenvalue weighted by molar-refractivity contribution is -0.161. The van der Waals surface area contributed by atoms with E-state index in [1.807, 2.05) is 156 Å². The zero-order valence-corrected chi connectivity index (χ0v) is 43.4. The summed E-state index contributed by atoms with van der Waals surface area (Å²) in [4.78, 5) is 36.5. The second-order valence-corrected chi connectivity index (χ2v) is 21.6. The fourth-order valence-corrected chi connectivity index (χ4v) is 8.36. The fraction of sp³-hybridized carbons (Fsp3) is 0.339. The maximum atomic E-state index is 12.5. The van der Waals surface area contributed by atoms with Crippen LogP contribution in [0.15, 0.2) is 97.1 Å². The summed E-state index contributed by atoms with van der Waals surface area (Å²) >= 11 is 12.3. The molecule has 8 nitrogen and oxygen atoms in total. The first kappa shape index (κ1) is 54.0. The number of carboxylic acid groups (broad SMARTS) is 2. The molecule has 69 heavy (non-hydrogen) atoms. The van der Waals surface area contributed by atoms with Gasteiger partial charge < -0.3 is 25.4 Å². The SMILES string of the molecule is CC(=O)CC(C)(C)C#Cc1ccc2cc(C)c(C(OC(C)(C)C)C(=O)O)c(-c3ccc(Cl)cc3)c2c1.Cc1cc2ccc(C#CC(C)(C)N)cc2c(-c2ccc(Cl)cc2)c1C(OC(C)(C)C)C(=O)O. The topological polar surface area (TPSA) is 136 Å². The van der Waals surface area contributed by atoms with Crippen LogP contribution in [-0.2, 0) is 23.9 Å². The van der Waals surface area contributed by atoms with Crippen molar-refractivity contribution in [2.24, 2.45) is 11.1 Å². The van der Waals surface area contributed by atoms with E-state index < -0.39 is 46.3 Å². The average Bonchev–Trinajstić information content (AvgIpc) is 3.22. The van der Waals surface area contributed by atoms with Gasteiger partial charge in [-0.25, -0.2) is 9.59 Å². The summed E-state index contributed by atoms with van der Waals surface area (Å²) in [6.45, 7) is 24.1. The molecule has 0 aliphatic carbocycles. The average molecular weight is 969 g/mol. The van der Waals surface area contributed by atoms with E-state index in [4.69, 9.17) is 38.4 Å². The Hall–Kier alpha value is -5.97. The largest absolute Gasteiger partial charge is 0.479 e. The van der Waals surface area contributed by atoms with Gasteiger partial charge in [0.25, 0.3) is 0 Å². The molecule has 2 atom stereocenters. The van der Waals surface area contributed by atoms with Crippen molar-refractivity contribution in [1.82, 2.24) is 0 Å². The molecule has 0 spiro atoms. The maximum absolute atomic E-state index is 12.5. The van der Waals surface area contributed by atoms with Gasteiger partial charge in [0, 0.05) is 44.1 Å². The molecule has 0 heterocycles. The Bertz CT molecular complexity index is 3040. The molecule has 0 aliphatic rings. The molecule has 0 aliphatic heterocycles. The van der Waals surface area contributed by atoms with Crippen LogP contribution in [0.1, 0.15) is 128 Å². The molecular weight excluding hydrogens is 906 g/mol. The van der Waals surface area contributed by atoms with Gasteiger partial charge in [0.15, 0.2) is 12.2 Å². The third-order valence-corrected chi connectivity index (χ3v) is 11.2. The van der Waals surface area contributed by atoms with Gasteiger partial charge >= 0.3 is 11.9 Å². The van der Waals surface area contributed by atoms with E-state index >= 15 is 0 Å². The predicted molar refractivity (Wildman–Crippen MR) is 282 cm³/mol. The molecule has 0 aromatic heterocycles. The summed E-state index contributed by atoms with van der Waals surface area (Å²) in [6, 6.07) is 30.6. The molecular formula is C59H63Cl2NO7. The highest BCUT2D eigenvalue weighted by atomic mass is 35.5. The van der Waals surface area contributed by atoms with E-state index in [0.717, 1.165) is 66.1 Å². The quantitative estimate of drug-likeness (QED) is 0.115. The Kier molecular flexibility index (Phi) is 16.7. The third kappa shape index (κ3) is 14.8. The summed E-state index contributed by atoms with van der Waals surface area (Å²) in [5.41, 5.74) is 11.4. The van der Waals surface area contributed by atoms with E-state index in [2.05, 4.69) is 23.7 Å². The lowest BCUT2D eigenvalue weighted by atomic mass is 9.86. The highest BCUT2D eigenvalue weighted by Gasteiger charge is 2.33. The smallest absolute Gasteiger partial charge is 0.337 e. The number of ether oxygens (including phenoxy) is 2. The number of carbonyl (C=O) groups excluding carboxylic acids is 1. The van der Waals surface area contributed by atoms with Gasteiger partial charge in [0.05, 0.1) is 16.7 Å². The van der Waals surface area contributed by atoms with Crippen LogP contribution in [0, 0.1) is 42.9 Å². The highest BCUT2D eigenvalue weighted by molar-refractivity contribution is 6.31. The summed E-state index contributed by atoms with van der Waals surface area (Å²) in [5.74, 6) is 10.7. The Labute approximate surface area is 417 Å². The summed E-state index contributed by atoms with van der Waals surface area (Å²) in [5, 5.41) is 25.3. The lowest BCUT2D eigenvalue weighted by Gasteiger charge is -2.28. The first-order chi connectivity index (χ1) is 31.9. The van der Waals surface area contributed by atoms with Crippen molar-refractivity contribution in [3.8, 4) is 45.9 Å². The van der Waals surface area contributed by atoms with Crippen LogP contribution in [0.4, 0.5) is 0 Å². The van der Waals surface area contributed by atoms with Crippen molar-refractivity contribution < 1.29 is 34.1 Å². The van der Waals surface area contributed by atoms with Crippen molar-refractivity contribution in [3.05, 3.63) is 140 Å². The van der Waals surface area contributed by atoms with Crippen molar-refractivity contribution in [2.45, 2.75) is 125 Å². The molecule has 6 aromatic carbocycles. The number of fused-ring (bicyclic) bond motifs is 2. The normalized spacial score (nSPS) is 12.8. The minimum Gasteiger partial charge on any atom is -0.479 e. The Balaban J connectivity index is 0.000000258. The minimum absolute atomic E-state index is 0.0940. The number of halogens is 2. The molecule has 4 N–H and O–H groups in total. The molecule has 6 rings (SSSR count). The first-order valence-electron chi connectivity index (χ1n) is 22.7. The van der Waals surface area contributed by atoms with Gasteiger partial charge in [0.1, 0.15) is 5.78 Å². The molecule has 360 valence electrons. The lowest BCUT2D eigenvalue weighted by Crippen LogP contribution is -2.29. The zero-order valence-electron chi connectivity index (χ0n) is 41.9. The number of Topliss-reactive ketones (excluding diaryl/α,β-unsaturated/α-hetero) is 1. The molecule has 0 radical (unpaired) electrons. The molecule has 0 saturated heterocycles. The van der Waals surface area contributed by atoms with Gasteiger partial charge in [-0.1, -0.05) is 95.4 Å². The second-order valence-electron chi connectivity index (χ2n) is 20.7. The molecule has 10 heteroatoms. The number of benzene rings is 6. The Morgan fingerprint density at radius 3 is 1.26 bits per heavy atom. The Morgan fingerprint density at radius 1 is 0.580 bits per heavy atom. The molecule has 0 fully saturated rings. The monoisotopic (exact) mass is 967 g/mol. The number of aryl methyl sites for hydroxylation is 2. The van der Waals surface area contributed by atoms with Crippen molar-refractivity contribution in [3.63, 3.8) is 0 Å².